The van der Waals surface area contributed by atoms with Gasteiger partial charge in [-0.3, -0.25) is 0 Å². The van der Waals surface area contributed by atoms with Crippen LogP contribution in [-0.2, 0) is 13.1 Å². The monoisotopic (exact) mass is 295 g/mol. The van der Waals surface area contributed by atoms with E-state index in [1.54, 1.807) is 11.3 Å². The Morgan fingerprint density at radius 1 is 1.40 bits per heavy atom. The maximum Gasteiger partial charge on any atom is 0.358 e. The fraction of sp³-hybridized carbons (Fsp3) is 0.273. The number of hydrogen-bond donors (Lipinski definition) is 3. The molecule has 20 heavy (non-hydrogen) atoms. The Hall–Kier alpha value is -2.42. The number of carboxylic acid groups (broad SMARTS) is 1. The normalized spacial score (nSPS) is 10.2. The van der Waals surface area contributed by atoms with Crippen LogP contribution >= 0.6 is 11.3 Å². The van der Waals surface area contributed by atoms with Crippen LogP contribution in [0.15, 0.2) is 23.7 Å². The smallest absolute Gasteiger partial charge is 0.358 e. The first-order valence-corrected chi connectivity index (χ1v) is 6.70. The third kappa shape index (κ3) is 4.05. The van der Waals surface area contributed by atoms with Gasteiger partial charge in [0.2, 0.25) is 0 Å². The van der Waals surface area contributed by atoms with E-state index in [1.165, 1.54) is 10.9 Å². The van der Waals surface area contributed by atoms with Crippen LogP contribution in [0.25, 0.3) is 0 Å². The van der Waals surface area contributed by atoms with Crippen molar-refractivity contribution in [1.29, 1.82) is 0 Å². The Labute approximate surface area is 118 Å². The maximum absolute atomic E-state index is 11.5. The van der Waals surface area contributed by atoms with Crippen molar-refractivity contribution in [2.75, 3.05) is 6.54 Å². The first-order valence-electron chi connectivity index (χ1n) is 5.82. The molecule has 0 radical (unpaired) electrons. The van der Waals surface area contributed by atoms with Crippen molar-refractivity contribution in [2.24, 2.45) is 0 Å². The molecule has 2 heterocycles. The number of nitrogens with zero attached hydrogens (tertiary/aromatic N) is 3. The summed E-state index contributed by atoms with van der Waals surface area (Å²) < 4.78 is 1.36. The van der Waals surface area contributed by atoms with Crippen molar-refractivity contribution < 1.29 is 14.7 Å². The maximum atomic E-state index is 11.5. The number of carbonyl (C=O) groups is 2. The molecule has 9 heteroatoms. The van der Waals surface area contributed by atoms with Crippen molar-refractivity contribution in [3.8, 4) is 0 Å². The van der Waals surface area contributed by atoms with Crippen LogP contribution in [0.1, 0.15) is 15.4 Å². The van der Waals surface area contributed by atoms with Gasteiger partial charge in [0.1, 0.15) is 0 Å². The first kappa shape index (κ1) is 14.0. The summed E-state index contributed by atoms with van der Waals surface area (Å²) in [6.45, 7) is 1.17. The molecule has 8 nitrogen and oxygen atoms in total. The summed E-state index contributed by atoms with van der Waals surface area (Å²) >= 11 is 1.57. The number of aromatic carboxylic acids is 1. The van der Waals surface area contributed by atoms with Gasteiger partial charge in [0.15, 0.2) is 5.69 Å². The minimum atomic E-state index is -1.13. The lowest BCUT2D eigenvalue weighted by Gasteiger charge is -2.06. The summed E-state index contributed by atoms with van der Waals surface area (Å²) in [7, 11) is 0. The number of rotatable bonds is 6. The van der Waals surface area contributed by atoms with Crippen molar-refractivity contribution >= 4 is 23.3 Å². The largest absolute Gasteiger partial charge is 0.476 e. The van der Waals surface area contributed by atoms with Gasteiger partial charge in [-0.1, -0.05) is 11.3 Å². The predicted molar refractivity (Wildman–Crippen MR) is 71.5 cm³/mol. The highest BCUT2D eigenvalue weighted by Crippen LogP contribution is 2.06. The lowest BCUT2D eigenvalue weighted by atomic mass is 10.5. The number of urea groups is 1. The molecule has 106 valence electrons. The van der Waals surface area contributed by atoms with Gasteiger partial charge in [-0.25, -0.2) is 14.3 Å². The van der Waals surface area contributed by atoms with Crippen LogP contribution in [0.4, 0.5) is 4.79 Å². The summed E-state index contributed by atoms with van der Waals surface area (Å²) in [4.78, 5) is 23.2. The van der Waals surface area contributed by atoms with Gasteiger partial charge in [0, 0.05) is 11.4 Å². The first-order chi connectivity index (χ1) is 9.65. The highest BCUT2D eigenvalue weighted by atomic mass is 32.1. The third-order valence-corrected chi connectivity index (χ3v) is 3.26. The summed E-state index contributed by atoms with van der Waals surface area (Å²) in [6, 6.07) is 3.58. The van der Waals surface area contributed by atoms with Crippen LogP contribution in [0.5, 0.6) is 0 Å². The predicted octanol–water partition coefficient (Wildman–Crippen LogP) is 0.537. The van der Waals surface area contributed by atoms with E-state index in [0.717, 1.165) is 4.88 Å². The number of carboxylic acids is 1. The van der Waals surface area contributed by atoms with Gasteiger partial charge >= 0.3 is 12.0 Å². The molecule has 2 aromatic heterocycles. The van der Waals surface area contributed by atoms with Gasteiger partial charge in [-0.05, 0) is 11.4 Å². The lowest BCUT2D eigenvalue weighted by Crippen LogP contribution is -2.36. The van der Waals surface area contributed by atoms with E-state index < -0.39 is 5.97 Å². The van der Waals surface area contributed by atoms with Crippen LogP contribution in [-0.4, -0.2) is 38.6 Å². The topological polar surface area (TPSA) is 109 Å². The fourth-order valence-electron chi connectivity index (χ4n) is 1.43. The van der Waals surface area contributed by atoms with E-state index in [4.69, 9.17) is 5.11 Å². The summed E-state index contributed by atoms with van der Waals surface area (Å²) in [5.41, 5.74) is -0.118. The summed E-state index contributed by atoms with van der Waals surface area (Å²) in [5.74, 6) is -1.13. The highest BCUT2D eigenvalue weighted by molar-refractivity contribution is 7.09. The van der Waals surface area contributed by atoms with Crippen LogP contribution < -0.4 is 10.6 Å². The van der Waals surface area contributed by atoms with Crippen molar-refractivity contribution in [3.05, 3.63) is 34.3 Å². The minimum Gasteiger partial charge on any atom is -0.476 e. The zero-order chi connectivity index (χ0) is 14.4. The van der Waals surface area contributed by atoms with E-state index in [0.29, 0.717) is 19.6 Å². The molecule has 0 bridgehead atoms. The molecule has 0 unspecified atom stereocenters. The number of thiophene rings is 1. The molecular weight excluding hydrogens is 282 g/mol. The number of aromatic nitrogens is 3. The van der Waals surface area contributed by atoms with Gasteiger partial charge in [-0.15, -0.1) is 16.4 Å². The second kappa shape index (κ2) is 6.66. The van der Waals surface area contributed by atoms with Gasteiger partial charge in [0.25, 0.3) is 0 Å². The van der Waals surface area contributed by atoms with E-state index >= 15 is 0 Å². The molecule has 0 aromatic carbocycles. The standard InChI is InChI=1S/C11H13N5O3S/c17-10(18)9-7-16(15-14-9)4-3-12-11(19)13-6-8-2-1-5-20-8/h1-2,5,7H,3-4,6H2,(H,17,18)(H2,12,13,19). The van der Waals surface area contributed by atoms with E-state index in [9.17, 15) is 9.59 Å². The van der Waals surface area contributed by atoms with E-state index in [-0.39, 0.29) is 11.7 Å². The zero-order valence-corrected chi connectivity index (χ0v) is 11.3. The average molecular weight is 295 g/mol. The Bertz CT molecular complexity index is 581. The molecule has 2 amide bonds. The molecule has 2 rings (SSSR count). The minimum absolute atomic E-state index is 0.118. The SMILES string of the molecule is O=C(NCCn1cc(C(=O)O)nn1)NCc1cccs1. The second-order valence-electron chi connectivity index (χ2n) is 3.86. The van der Waals surface area contributed by atoms with E-state index in [2.05, 4.69) is 20.9 Å². The molecule has 3 N–H and O–H groups in total. The number of amides is 2. The Morgan fingerprint density at radius 2 is 2.25 bits per heavy atom. The second-order valence-corrected chi connectivity index (χ2v) is 4.89. The number of carbonyl (C=O) groups excluding carboxylic acids is 1. The van der Waals surface area contributed by atoms with Gasteiger partial charge in [-0.2, -0.15) is 0 Å². The average Bonchev–Trinajstić information content (AvgIpc) is 3.07. The van der Waals surface area contributed by atoms with Crippen LogP contribution in [0.3, 0.4) is 0 Å². The molecular formula is C11H13N5O3S. The molecule has 0 aliphatic carbocycles. The number of nitrogens with one attached hydrogen (secondary N) is 2. The van der Waals surface area contributed by atoms with Crippen molar-refractivity contribution in [2.45, 2.75) is 13.1 Å². The molecule has 0 spiro atoms. The molecule has 0 fully saturated rings. The fourth-order valence-corrected chi connectivity index (χ4v) is 2.08. The summed E-state index contributed by atoms with van der Waals surface area (Å²) in [6.07, 6.45) is 1.31. The quantitative estimate of drug-likeness (QED) is 0.720. The van der Waals surface area contributed by atoms with Crippen molar-refractivity contribution in [1.82, 2.24) is 25.6 Å². The molecule has 2 aromatic rings. The third-order valence-electron chi connectivity index (χ3n) is 2.39. The Morgan fingerprint density at radius 3 is 2.90 bits per heavy atom. The molecule has 0 saturated carbocycles. The molecule has 0 saturated heterocycles. The highest BCUT2D eigenvalue weighted by Gasteiger charge is 2.08. The zero-order valence-electron chi connectivity index (χ0n) is 10.4. The molecule has 0 aliphatic rings. The molecule has 0 atom stereocenters. The van der Waals surface area contributed by atoms with Gasteiger partial charge < -0.3 is 15.7 Å². The van der Waals surface area contributed by atoms with E-state index in [1.807, 2.05) is 17.5 Å². The lowest BCUT2D eigenvalue weighted by molar-refractivity contribution is 0.0690. The van der Waals surface area contributed by atoms with Crippen molar-refractivity contribution in [3.63, 3.8) is 0 Å². The van der Waals surface area contributed by atoms with Crippen LogP contribution in [0, 0.1) is 0 Å². The summed E-state index contributed by atoms with van der Waals surface area (Å²) in [5, 5.41) is 23.1. The number of hydrogen-bond acceptors (Lipinski definition) is 5. The molecule has 0 aliphatic heterocycles. The van der Waals surface area contributed by atoms with Gasteiger partial charge in [0.05, 0.1) is 19.3 Å². The Kier molecular flexibility index (Phi) is 4.66. The Balaban J connectivity index is 1.67. The van der Waals surface area contributed by atoms with Crippen LogP contribution in [0.2, 0.25) is 0 Å².